The van der Waals surface area contributed by atoms with Gasteiger partial charge in [-0.15, -0.1) is 0 Å². The first-order chi connectivity index (χ1) is 12.6. The first kappa shape index (κ1) is 17.9. The number of benzene rings is 3. The van der Waals surface area contributed by atoms with Gasteiger partial charge in [0.1, 0.15) is 29.7 Å². The molecule has 2 N–H and O–H groups in total. The van der Waals surface area contributed by atoms with Crippen molar-refractivity contribution < 1.29 is 18.6 Å². The normalized spacial score (nSPS) is 10.7. The van der Waals surface area contributed by atoms with Gasteiger partial charge in [0.05, 0.1) is 0 Å². The molecule has 26 heavy (non-hydrogen) atoms. The molecule has 0 bridgehead atoms. The molecule has 134 valence electrons. The molecule has 0 aromatic heterocycles. The zero-order chi connectivity index (χ0) is 18.4. The molecule has 0 atom stereocenters. The van der Waals surface area contributed by atoms with E-state index in [4.69, 9.17) is 4.74 Å². The zero-order valence-corrected chi connectivity index (χ0v) is 14.1. The van der Waals surface area contributed by atoms with E-state index in [0.29, 0.717) is 25.3 Å². The summed E-state index contributed by atoms with van der Waals surface area (Å²) in [4.78, 5) is 0. The Morgan fingerprint density at radius 3 is 2.00 bits per heavy atom. The van der Waals surface area contributed by atoms with Gasteiger partial charge in [0.15, 0.2) is 0 Å². The molecule has 0 amide bonds. The van der Waals surface area contributed by atoms with Crippen LogP contribution in [0.1, 0.15) is 5.56 Å². The van der Waals surface area contributed by atoms with Crippen molar-refractivity contribution in [3.05, 3.63) is 83.9 Å². The average Bonchev–Trinajstić information content (AvgIpc) is 2.62. The Balaban J connectivity index is 1.44. The van der Waals surface area contributed by atoms with E-state index in [-0.39, 0.29) is 5.75 Å². The van der Waals surface area contributed by atoms with E-state index in [2.05, 4.69) is 5.32 Å². The molecule has 0 aliphatic rings. The Kier molecular flexibility index (Phi) is 5.81. The van der Waals surface area contributed by atoms with Crippen LogP contribution in [0.4, 0.5) is 8.78 Å². The van der Waals surface area contributed by atoms with Crippen LogP contribution in [0.3, 0.4) is 0 Å². The van der Waals surface area contributed by atoms with E-state index in [9.17, 15) is 13.9 Å². The van der Waals surface area contributed by atoms with Crippen molar-refractivity contribution in [2.24, 2.45) is 0 Å². The lowest BCUT2D eigenvalue weighted by molar-refractivity contribution is 0.313. The lowest BCUT2D eigenvalue weighted by Crippen LogP contribution is -2.20. The van der Waals surface area contributed by atoms with Crippen molar-refractivity contribution in [3.8, 4) is 22.6 Å². The third-order valence-corrected chi connectivity index (χ3v) is 3.85. The highest BCUT2D eigenvalue weighted by atomic mass is 19.1. The van der Waals surface area contributed by atoms with E-state index in [1.54, 1.807) is 12.1 Å². The second-order valence-electron chi connectivity index (χ2n) is 5.87. The zero-order valence-electron chi connectivity index (χ0n) is 14.1. The molecule has 0 aliphatic heterocycles. The van der Waals surface area contributed by atoms with Crippen molar-refractivity contribution in [1.82, 2.24) is 5.32 Å². The van der Waals surface area contributed by atoms with Gasteiger partial charge in [-0.1, -0.05) is 24.3 Å². The smallest absolute Gasteiger partial charge is 0.126 e. The number of phenolic OH excluding ortho intramolecular Hbond substituents is 1. The molecule has 0 spiro atoms. The molecular formula is C21H19F2NO2. The molecular weight excluding hydrogens is 336 g/mol. The first-order valence-electron chi connectivity index (χ1n) is 8.28. The fraction of sp³-hybridized carbons (Fsp3) is 0.143. The first-order valence-corrected chi connectivity index (χ1v) is 8.28. The minimum atomic E-state index is -0.577. The molecule has 3 rings (SSSR count). The maximum Gasteiger partial charge on any atom is 0.126 e. The topological polar surface area (TPSA) is 41.5 Å². The van der Waals surface area contributed by atoms with Crippen LogP contribution in [-0.4, -0.2) is 18.3 Å². The lowest BCUT2D eigenvalue weighted by Gasteiger charge is -2.09. The number of phenols is 1. The van der Waals surface area contributed by atoms with Crippen LogP contribution < -0.4 is 10.1 Å². The summed E-state index contributed by atoms with van der Waals surface area (Å²) in [5.41, 5.74) is 2.60. The van der Waals surface area contributed by atoms with Crippen molar-refractivity contribution >= 4 is 0 Å². The predicted octanol–water partition coefficient (Wildman–Crippen LogP) is 4.51. The highest BCUT2D eigenvalue weighted by molar-refractivity contribution is 5.64. The summed E-state index contributed by atoms with van der Waals surface area (Å²) >= 11 is 0. The number of halogens is 2. The standard InChI is InChI=1S/C21H19F2NO2/c22-18-11-15(12-19(23)13-18)14-24-9-10-26-21-7-3-17(4-8-21)16-1-5-20(25)6-2-16/h1-8,11-13,24-25H,9-10,14H2. The van der Waals surface area contributed by atoms with Gasteiger partial charge in [0.25, 0.3) is 0 Å². The molecule has 0 unspecified atom stereocenters. The third kappa shape index (κ3) is 5.04. The Morgan fingerprint density at radius 1 is 0.808 bits per heavy atom. The second kappa shape index (κ2) is 8.45. The van der Waals surface area contributed by atoms with Gasteiger partial charge >= 0.3 is 0 Å². The third-order valence-electron chi connectivity index (χ3n) is 3.85. The number of rotatable bonds is 7. The fourth-order valence-corrected chi connectivity index (χ4v) is 2.58. The highest BCUT2D eigenvalue weighted by Gasteiger charge is 2.01. The molecule has 5 heteroatoms. The maximum absolute atomic E-state index is 13.1. The van der Waals surface area contributed by atoms with Gasteiger partial charge in [-0.25, -0.2) is 8.78 Å². The van der Waals surface area contributed by atoms with Gasteiger partial charge in [-0.3, -0.25) is 0 Å². The van der Waals surface area contributed by atoms with Crippen molar-refractivity contribution in [2.75, 3.05) is 13.2 Å². The van der Waals surface area contributed by atoms with Gasteiger partial charge in [0, 0.05) is 19.2 Å². The lowest BCUT2D eigenvalue weighted by atomic mass is 10.1. The largest absolute Gasteiger partial charge is 0.508 e. The molecule has 3 aromatic rings. The molecule has 0 aliphatic carbocycles. The van der Waals surface area contributed by atoms with Crippen LogP contribution in [0.15, 0.2) is 66.7 Å². The second-order valence-corrected chi connectivity index (χ2v) is 5.87. The quantitative estimate of drug-likeness (QED) is 0.613. The summed E-state index contributed by atoms with van der Waals surface area (Å²) in [5, 5.41) is 12.4. The molecule has 3 nitrogen and oxygen atoms in total. The number of nitrogens with one attached hydrogen (secondary N) is 1. The van der Waals surface area contributed by atoms with E-state index in [1.807, 2.05) is 36.4 Å². The van der Waals surface area contributed by atoms with E-state index in [1.165, 1.54) is 12.1 Å². The van der Waals surface area contributed by atoms with Crippen LogP contribution >= 0.6 is 0 Å². The van der Waals surface area contributed by atoms with Gasteiger partial charge in [-0.2, -0.15) is 0 Å². The Bertz CT molecular complexity index is 829. The summed E-state index contributed by atoms with van der Waals surface area (Å²) in [6.45, 7) is 1.37. The summed E-state index contributed by atoms with van der Waals surface area (Å²) < 4.78 is 31.8. The number of aromatic hydroxyl groups is 1. The summed E-state index contributed by atoms with van der Waals surface area (Å²) in [7, 11) is 0. The highest BCUT2D eigenvalue weighted by Crippen LogP contribution is 2.24. The van der Waals surface area contributed by atoms with Crippen LogP contribution in [-0.2, 0) is 6.54 Å². The Labute approximate surface area is 150 Å². The predicted molar refractivity (Wildman–Crippen MR) is 97.1 cm³/mol. The van der Waals surface area contributed by atoms with Crippen molar-refractivity contribution in [3.63, 3.8) is 0 Å². The fourth-order valence-electron chi connectivity index (χ4n) is 2.58. The maximum atomic E-state index is 13.1. The summed E-state index contributed by atoms with van der Waals surface area (Å²) in [6, 6.07) is 18.1. The number of hydrogen-bond acceptors (Lipinski definition) is 3. The van der Waals surface area contributed by atoms with Crippen LogP contribution in [0, 0.1) is 11.6 Å². The van der Waals surface area contributed by atoms with Gasteiger partial charge < -0.3 is 15.2 Å². The van der Waals surface area contributed by atoms with Crippen LogP contribution in [0.25, 0.3) is 11.1 Å². The molecule has 0 heterocycles. The number of ether oxygens (including phenoxy) is 1. The van der Waals surface area contributed by atoms with Crippen LogP contribution in [0.5, 0.6) is 11.5 Å². The van der Waals surface area contributed by atoms with Crippen molar-refractivity contribution in [1.29, 1.82) is 0 Å². The van der Waals surface area contributed by atoms with E-state index >= 15 is 0 Å². The Hall–Kier alpha value is -2.92. The molecule has 3 aromatic carbocycles. The monoisotopic (exact) mass is 355 g/mol. The van der Waals surface area contributed by atoms with Crippen LogP contribution in [0.2, 0.25) is 0 Å². The molecule has 0 fully saturated rings. The minimum absolute atomic E-state index is 0.238. The molecule has 0 saturated heterocycles. The Morgan fingerprint density at radius 2 is 1.38 bits per heavy atom. The van der Waals surface area contributed by atoms with Gasteiger partial charge in [0.2, 0.25) is 0 Å². The van der Waals surface area contributed by atoms with E-state index < -0.39 is 11.6 Å². The minimum Gasteiger partial charge on any atom is -0.508 e. The van der Waals surface area contributed by atoms with Gasteiger partial charge in [-0.05, 0) is 53.1 Å². The molecule has 0 radical (unpaired) electrons. The summed E-state index contributed by atoms with van der Waals surface area (Å²) in [6.07, 6.45) is 0. The molecule has 0 saturated carbocycles. The van der Waals surface area contributed by atoms with Crippen molar-refractivity contribution in [2.45, 2.75) is 6.54 Å². The average molecular weight is 355 g/mol. The summed E-state index contributed by atoms with van der Waals surface area (Å²) in [5.74, 6) is -0.174. The van der Waals surface area contributed by atoms with E-state index in [0.717, 1.165) is 22.9 Å². The number of hydrogen-bond donors (Lipinski definition) is 2. The SMILES string of the molecule is Oc1ccc(-c2ccc(OCCNCc3cc(F)cc(F)c3)cc2)cc1.